The molecule has 1 aromatic heterocycles. The van der Waals surface area contributed by atoms with E-state index in [0.29, 0.717) is 40.0 Å². The number of benzene rings is 3. The lowest BCUT2D eigenvalue weighted by molar-refractivity contribution is 0.102. The summed E-state index contributed by atoms with van der Waals surface area (Å²) in [5, 5.41) is 2.82. The number of rotatable bonds is 6. The number of hydrogen-bond donors (Lipinski definition) is 1. The van der Waals surface area contributed by atoms with E-state index in [0.717, 1.165) is 0 Å². The molecule has 0 atom stereocenters. The summed E-state index contributed by atoms with van der Waals surface area (Å²) < 4.78 is 24.1. The van der Waals surface area contributed by atoms with Crippen molar-refractivity contribution in [3.8, 4) is 28.8 Å². The third kappa shape index (κ3) is 5.02. The molecule has 1 heterocycles. The van der Waals surface area contributed by atoms with E-state index >= 15 is 0 Å². The second-order valence-electron chi connectivity index (χ2n) is 6.54. The fourth-order valence-electron chi connectivity index (χ4n) is 2.84. The van der Waals surface area contributed by atoms with Crippen molar-refractivity contribution in [2.24, 2.45) is 0 Å². The van der Waals surface area contributed by atoms with E-state index in [9.17, 15) is 9.18 Å². The maximum Gasteiger partial charge on any atom is 0.255 e. The molecule has 0 radical (unpaired) electrons. The SMILES string of the molecule is COc1cccc(NC(=O)c2ccc(Oc3ccnc(-c4ccc(F)cc4)n3)cc2)c1. The van der Waals surface area contributed by atoms with Crippen molar-refractivity contribution in [3.05, 3.63) is 96.4 Å². The number of carbonyl (C=O) groups is 1. The van der Waals surface area contributed by atoms with Crippen LogP contribution >= 0.6 is 0 Å². The highest BCUT2D eigenvalue weighted by Crippen LogP contribution is 2.23. The van der Waals surface area contributed by atoms with Crippen LogP contribution in [0.3, 0.4) is 0 Å². The lowest BCUT2D eigenvalue weighted by atomic mass is 10.2. The number of carbonyl (C=O) groups excluding carboxylic acids is 1. The van der Waals surface area contributed by atoms with Crippen molar-refractivity contribution in [3.63, 3.8) is 0 Å². The fourth-order valence-corrected chi connectivity index (χ4v) is 2.84. The van der Waals surface area contributed by atoms with Gasteiger partial charge in [-0.2, -0.15) is 4.98 Å². The second kappa shape index (κ2) is 9.04. The molecule has 0 saturated carbocycles. The molecular weight excluding hydrogens is 397 g/mol. The Balaban J connectivity index is 1.44. The van der Waals surface area contributed by atoms with E-state index in [1.54, 1.807) is 80.0 Å². The van der Waals surface area contributed by atoms with E-state index < -0.39 is 0 Å². The van der Waals surface area contributed by atoms with E-state index in [1.165, 1.54) is 12.1 Å². The molecule has 4 rings (SSSR count). The van der Waals surface area contributed by atoms with Crippen LogP contribution in [-0.4, -0.2) is 23.0 Å². The van der Waals surface area contributed by atoms with Crippen molar-refractivity contribution in [1.29, 1.82) is 0 Å². The minimum Gasteiger partial charge on any atom is -0.497 e. The number of aromatic nitrogens is 2. The average Bonchev–Trinajstić information content (AvgIpc) is 2.80. The van der Waals surface area contributed by atoms with Crippen LogP contribution in [0.4, 0.5) is 10.1 Å². The smallest absolute Gasteiger partial charge is 0.255 e. The Labute approximate surface area is 178 Å². The molecule has 0 aliphatic rings. The highest BCUT2D eigenvalue weighted by molar-refractivity contribution is 6.04. The van der Waals surface area contributed by atoms with Crippen LogP contribution in [0.1, 0.15) is 10.4 Å². The molecule has 154 valence electrons. The van der Waals surface area contributed by atoms with Crippen molar-refractivity contribution >= 4 is 11.6 Å². The molecule has 4 aromatic rings. The maximum absolute atomic E-state index is 13.1. The summed E-state index contributed by atoms with van der Waals surface area (Å²) in [6.07, 6.45) is 1.57. The molecule has 0 saturated heterocycles. The highest BCUT2D eigenvalue weighted by atomic mass is 19.1. The summed E-state index contributed by atoms with van der Waals surface area (Å²) >= 11 is 0. The number of methoxy groups -OCH3 is 1. The quantitative estimate of drug-likeness (QED) is 0.460. The molecule has 0 aliphatic heterocycles. The summed E-state index contributed by atoms with van der Waals surface area (Å²) in [6, 6.07) is 21.3. The Bertz CT molecular complexity index is 1200. The predicted molar refractivity (Wildman–Crippen MR) is 115 cm³/mol. The van der Waals surface area contributed by atoms with Gasteiger partial charge in [0.1, 0.15) is 17.3 Å². The van der Waals surface area contributed by atoms with Crippen molar-refractivity contribution in [2.75, 3.05) is 12.4 Å². The molecule has 6 nitrogen and oxygen atoms in total. The minimum absolute atomic E-state index is 0.250. The van der Waals surface area contributed by atoms with E-state index in [1.807, 2.05) is 0 Å². The molecular formula is C24H18FN3O3. The Morgan fingerprint density at radius 1 is 0.935 bits per heavy atom. The zero-order chi connectivity index (χ0) is 21.6. The van der Waals surface area contributed by atoms with Gasteiger partial charge in [0.2, 0.25) is 5.88 Å². The fraction of sp³-hybridized carbons (Fsp3) is 0.0417. The molecule has 7 heteroatoms. The van der Waals surface area contributed by atoms with Crippen LogP contribution in [0.2, 0.25) is 0 Å². The Morgan fingerprint density at radius 2 is 1.71 bits per heavy atom. The normalized spacial score (nSPS) is 10.4. The van der Waals surface area contributed by atoms with Crippen LogP contribution < -0.4 is 14.8 Å². The van der Waals surface area contributed by atoms with Gasteiger partial charge >= 0.3 is 0 Å². The summed E-state index contributed by atoms with van der Waals surface area (Å²) in [7, 11) is 1.57. The molecule has 0 spiro atoms. The van der Waals surface area contributed by atoms with Gasteiger partial charge in [-0.1, -0.05) is 6.07 Å². The minimum atomic E-state index is -0.327. The predicted octanol–water partition coefficient (Wildman–Crippen LogP) is 5.34. The van der Waals surface area contributed by atoms with E-state index in [-0.39, 0.29) is 11.7 Å². The first-order chi connectivity index (χ1) is 15.1. The van der Waals surface area contributed by atoms with Crippen LogP contribution in [0, 0.1) is 5.82 Å². The van der Waals surface area contributed by atoms with Crippen molar-refractivity contribution in [1.82, 2.24) is 9.97 Å². The molecule has 31 heavy (non-hydrogen) atoms. The lowest BCUT2D eigenvalue weighted by Gasteiger charge is -2.09. The number of nitrogens with zero attached hydrogens (tertiary/aromatic N) is 2. The zero-order valence-electron chi connectivity index (χ0n) is 16.6. The number of nitrogens with one attached hydrogen (secondary N) is 1. The first-order valence-corrected chi connectivity index (χ1v) is 9.43. The number of halogens is 1. The lowest BCUT2D eigenvalue weighted by Crippen LogP contribution is -2.11. The van der Waals surface area contributed by atoms with Gasteiger partial charge in [0.05, 0.1) is 7.11 Å². The van der Waals surface area contributed by atoms with Gasteiger partial charge in [-0.05, 0) is 60.7 Å². The number of ether oxygens (including phenoxy) is 2. The monoisotopic (exact) mass is 415 g/mol. The molecule has 1 N–H and O–H groups in total. The number of anilines is 1. The number of hydrogen-bond acceptors (Lipinski definition) is 5. The summed E-state index contributed by atoms with van der Waals surface area (Å²) in [5.74, 6) is 1.36. The van der Waals surface area contributed by atoms with E-state index in [2.05, 4.69) is 15.3 Å². The maximum atomic E-state index is 13.1. The summed E-state index contributed by atoms with van der Waals surface area (Å²) in [4.78, 5) is 21.0. The van der Waals surface area contributed by atoms with Gasteiger partial charge in [0, 0.05) is 35.1 Å². The molecule has 1 amide bonds. The Kier molecular flexibility index (Phi) is 5.84. The van der Waals surface area contributed by atoms with Gasteiger partial charge in [-0.25, -0.2) is 9.37 Å². The molecule has 0 fully saturated rings. The third-order valence-electron chi connectivity index (χ3n) is 4.40. The zero-order valence-corrected chi connectivity index (χ0v) is 16.6. The Morgan fingerprint density at radius 3 is 2.45 bits per heavy atom. The molecule has 0 aliphatic carbocycles. The van der Waals surface area contributed by atoms with Gasteiger partial charge in [0.15, 0.2) is 5.82 Å². The third-order valence-corrected chi connectivity index (χ3v) is 4.40. The van der Waals surface area contributed by atoms with Gasteiger partial charge < -0.3 is 14.8 Å². The second-order valence-corrected chi connectivity index (χ2v) is 6.54. The summed E-state index contributed by atoms with van der Waals surface area (Å²) in [6.45, 7) is 0. The van der Waals surface area contributed by atoms with Crippen LogP contribution in [0.15, 0.2) is 85.1 Å². The van der Waals surface area contributed by atoms with Gasteiger partial charge in [-0.3, -0.25) is 4.79 Å². The van der Waals surface area contributed by atoms with Crippen LogP contribution in [-0.2, 0) is 0 Å². The van der Waals surface area contributed by atoms with E-state index in [4.69, 9.17) is 9.47 Å². The first-order valence-electron chi connectivity index (χ1n) is 9.43. The highest BCUT2D eigenvalue weighted by Gasteiger charge is 2.09. The van der Waals surface area contributed by atoms with Gasteiger partial charge in [0.25, 0.3) is 5.91 Å². The standard InChI is InChI=1S/C24H18FN3O3/c1-30-21-4-2-3-19(15-21)27-24(29)17-7-11-20(12-8-17)31-22-13-14-26-23(28-22)16-5-9-18(25)10-6-16/h2-15H,1H3,(H,27,29). The molecule has 3 aromatic carbocycles. The van der Waals surface area contributed by atoms with Crippen LogP contribution in [0.25, 0.3) is 11.4 Å². The molecule has 0 unspecified atom stereocenters. The van der Waals surface area contributed by atoms with Crippen LogP contribution in [0.5, 0.6) is 17.4 Å². The largest absolute Gasteiger partial charge is 0.497 e. The van der Waals surface area contributed by atoms with Crippen molar-refractivity contribution in [2.45, 2.75) is 0 Å². The number of amides is 1. The topological polar surface area (TPSA) is 73.3 Å². The average molecular weight is 415 g/mol. The Hall–Kier alpha value is -4.26. The molecule has 0 bridgehead atoms. The summed E-state index contributed by atoms with van der Waals surface area (Å²) in [5.41, 5.74) is 1.79. The van der Waals surface area contributed by atoms with Gasteiger partial charge in [-0.15, -0.1) is 0 Å². The van der Waals surface area contributed by atoms with Crippen molar-refractivity contribution < 1.29 is 18.7 Å². The first kappa shape index (κ1) is 20.0.